The number of para-hydroxylation sites is 1. The van der Waals surface area contributed by atoms with Gasteiger partial charge in [0.15, 0.2) is 5.96 Å². The van der Waals surface area contributed by atoms with Crippen molar-refractivity contribution in [2.75, 3.05) is 33.9 Å². The molecule has 1 aromatic carbocycles. The topological polar surface area (TPSA) is 61.4 Å². The van der Waals surface area contributed by atoms with Crippen molar-refractivity contribution in [3.63, 3.8) is 0 Å². The summed E-state index contributed by atoms with van der Waals surface area (Å²) in [5.41, 5.74) is 2.93. The van der Waals surface area contributed by atoms with E-state index < -0.39 is 0 Å². The van der Waals surface area contributed by atoms with Gasteiger partial charge in [-0.25, -0.2) is 0 Å². The summed E-state index contributed by atoms with van der Waals surface area (Å²) in [6.45, 7) is 2.68. The lowest BCUT2D eigenvalue weighted by Gasteiger charge is -2.42. The smallest absolute Gasteiger partial charge is 0.191 e. The number of guanidine groups is 1. The van der Waals surface area contributed by atoms with Gasteiger partial charge < -0.3 is 20.4 Å². The number of benzene rings is 1. The molecule has 1 heterocycles. The van der Waals surface area contributed by atoms with Crippen LogP contribution in [0.5, 0.6) is 0 Å². The minimum Gasteiger partial charge on any atom is -0.385 e. The number of methoxy groups -OCH3 is 1. The fourth-order valence-electron chi connectivity index (χ4n) is 3.66. The van der Waals surface area contributed by atoms with E-state index in [0.29, 0.717) is 5.41 Å². The van der Waals surface area contributed by atoms with Crippen molar-refractivity contribution in [3.05, 3.63) is 36.0 Å². The zero-order valence-electron chi connectivity index (χ0n) is 15.4. The highest BCUT2D eigenvalue weighted by atomic mass is 16.5. The minimum atomic E-state index is 0.393. The van der Waals surface area contributed by atoms with Crippen LogP contribution in [0.4, 0.5) is 0 Å². The van der Waals surface area contributed by atoms with Gasteiger partial charge in [-0.2, -0.15) is 0 Å². The molecule has 5 heteroatoms. The standard InChI is InChI=1S/C20H30N4O/c1-21-19(24-15-20(9-5-10-20)11-13-25-2)22-12-8-16-14-23-18-7-4-3-6-17(16)18/h3-4,6-7,14,23H,5,8-13,15H2,1-2H3,(H2,21,22,24). The van der Waals surface area contributed by atoms with E-state index in [-0.39, 0.29) is 0 Å². The van der Waals surface area contributed by atoms with Crippen LogP contribution in [-0.4, -0.2) is 44.8 Å². The number of hydrogen-bond donors (Lipinski definition) is 3. The van der Waals surface area contributed by atoms with Crippen molar-refractivity contribution >= 4 is 16.9 Å². The van der Waals surface area contributed by atoms with Crippen molar-refractivity contribution in [1.29, 1.82) is 0 Å². The van der Waals surface area contributed by atoms with Crippen molar-refractivity contribution < 1.29 is 4.74 Å². The highest BCUT2D eigenvalue weighted by Crippen LogP contribution is 2.43. The Morgan fingerprint density at radius 1 is 1.28 bits per heavy atom. The van der Waals surface area contributed by atoms with Crippen LogP contribution in [0.2, 0.25) is 0 Å². The quantitative estimate of drug-likeness (QED) is 0.510. The molecule has 1 aromatic heterocycles. The molecule has 0 spiro atoms. The fourth-order valence-corrected chi connectivity index (χ4v) is 3.66. The number of aromatic nitrogens is 1. The van der Waals surface area contributed by atoms with E-state index in [1.165, 1.54) is 35.7 Å². The van der Waals surface area contributed by atoms with Crippen LogP contribution in [-0.2, 0) is 11.2 Å². The molecule has 1 fully saturated rings. The van der Waals surface area contributed by atoms with Crippen LogP contribution in [0.3, 0.4) is 0 Å². The fraction of sp³-hybridized carbons (Fsp3) is 0.550. The Kier molecular flexibility index (Phi) is 5.97. The summed E-state index contributed by atoms with van der Waals surface area (Å²) in [4.78, 5) is 7.70. The molecule has 0 amide bonds. The molecule has 1 saturated carbocycles. The van der Waals surface area contributed by atoms with Crippen molar-refractivity contribution in [3.8, 4) is 0 Å². The maximum absolute atomic E-state index is 5.27. The molecule has 0 radical (unpaired) electrons. The lowest BCUT2D eigenvalue weighted by atomic mass is 9.67. The Balaban J connectivity index is 1.46. The van der Waals surface area contributed by atoms with Crippen molar-refractivity contribution in [1.82, 2.24) is 15.6 Å². The van der Waals surface area contributed by atoms with Crippen LogP contribution < -0.4 is 10.6 Å². The number of hydrogen-bond acceptors (Lipinski definition) is 2. The first-order valence-corrected chi connectivity index (χ1v) is 9.25. The van der Waals surface area contributed by atoms with Gasteiger partial charge in [-0.15, -0.1) is 0 Å². The third kappa shape index (κ3) is 4.34. The van der Waals surface area contributed by atoms with E-state index in [2.05, 4.69) is 51.1 Å². The molecular formula is C20H30N4O. The number of H-pyrrole nitrogens is 1. The van der Waals surface area contributed by atoms with Crippen LogP contribution in [0.15, 0.2) is 35.5 Å². The number of aromatic amines is 1. The first kappa shape index (κ1) is 17.8. The normalized spacial score (nSPS) is 16.6. The third-order valence-corrected chi connectivity index (χ3v) is 5.47. The van der Waals surface area contributed by atoms with Crippen LogP contribution >= 0.6 is 0 Å². The Morgan fingerprint density at radius 3 is 2.84 bits per heavy atom. The summed E-state index contributed by atoms with van der Waals surface area (Å²) in [5, 5.41) is 8.26. The van der Waals surface area contributed by atoms with Gasteiger partial charge in [-0.05, 0) is 42.7 Å². The predicted octanol–water partition coefficient (Wildman–Crippen LogP) is 3.08. The molecule has 5 nitrogen and oxygen atoms in total. The molecule has 136 valence electrons. The van der Waals surface area contributed by atoms with Crippen molar-refractivity contribution in [2.45, 2.75) is 32.1 Å². The number of nitrogens with zero attached hydrogens (tertiary/aromatic N) is 1. The minimum absolute atomic E-state index is 0.393. The van der Waals surface area contributed by atoms with Crippen LogP contribution in [0.1, 0.15) is 31.2 Å². The average Bonchev–Trinajstić information content (AvgIpc) is 3.02. The zero-order valence-corrected chi connectivity index (χ0v) is 15.4. The van der Waals surface area contributed by atoms with Gasteiger partial charge in [0.2, 0.25) is 0 Å². The van der Waals surface area contributed by atoms with E-state index >= 15 is 0 Å². The highest BCUT2D eigenvalue weighted by molar-refractivity contribution is 5.83. The first-order chi connectivity index (χ1) is 12.3. The summed E-state index contributed by atoms with van der Waals surface area (Å²) in [7, 11) is 3.62. The summed E-state index contributed by atoms with van der Waals surface area (Å²) < 4.78 is 5.27. The summed E-state index contributed by atoms with van der Waals surface area (Å²) in [6.07, 6.45) is 8.11. The van der Waals surface area contributed by atoms with Gasteiger partial charge in [0, 0.05) is 51.0 Å². The molecule has 0 aliphatic heterocycles. The second kappa shape index (κ2) is 8.39. The third-order valence-electron chi connectivity index (χ3n) is 5.47. The Labute approximate surface area is 150 Å². The van der Waals surface area contributed by atoms with E-state index in [4.69, 9.17) is 4.74 Å². The van der Waals surface area contributed by atoms with E-state index in [1.54, 1.807) is 7.11 Å². The Hall–Kier alpha value is -2.01. The first-order valence-electron chi connectivity index (χ1n) is 9.25. The molecule has 3 N–H and O–H groups in total. The zero-order chi connectivity index (χ0) is 17.5. The van der Waals surface area contributed by atoms with E-state index in [0.717, 1.165) is 38.5 Å². The molecule has 3 rings (SSSR count). The summed E-state index contributed by atoms with van der Waals surface area (Å²) in [5.74, 6) is 0.892. The number of aliphatic imine (C=N–C) groups is 1. The molecule has 0 bridgehead atoms. The number of ether oxygens (including phenoxy) is 1. The maximum atomic E-state index is 5.27. The largest absolute Gasteiger partial charge is 0.385 e. The second-order valence-corrected chi connectivity index (χ2v) is 7.06. The number of nitrogens with one attached hydrogen (secondary N) is 3. The second-order valence-electron chi connectivity index (χ2n) is 7.06. The maximum Gasteiger partial charge on any atom is 0.191 e. The van der Waals surface area contributed by atoms with Gasteiger partial charge in [0.25, 0.3) is 0 Å². The van der Waals surface area contributed by atoms with Gasteiger partial charge in [-0.1, -0.05) is 24.6 Å². The molecule has 0 atom stereocenters. The molecule has 25 heavy (non-hydrogen) atoms. The van der Waals surface area contributed by atoms with Gasteiger partial charge in [0.1, 0.15) is 0 Å². The van der Waals surface area contributed by atoms with Gasteiger partial charge in [-0.3, -0.25) is 4.99 Å². The Morgan fingerprint density at radius 2 is 2.12 bits per heavy atom. The number of rotatable bonds is 8. The summed E-state index contributed by atoms with van der Waals surface area (Å²) in [6, 6.07) is 8.44. The van der Waals surface area contributed by atoms with Crippen molar-refractivity contribution in [2.24, 2.45) is 10.4 Å². The molecule has 0 unspecified atom stereocenters. The lowest BCUT2D eigenvalue weighted by molar-refractivity contribution is 0.0732. The van der Waals surface area contributed by atoms with Gasteiger partial charge in [0.05, 0.1) is 0 Å². The molecule has 0 saturated heterocycles. The van der Waals surface area contributed by atoms with Gasteiger partial charge >= 0.3 is 0 Å². The molecule has 1 aliphatic rings. The predicted molar refractivity (Wildman–Crippen MR) is 104 cm³/mol. The van der Waals surface area contributed by atoms with Crippen LogP contribution in [0, 0.1) is 5.41 Å². The monoisotopic (exact) mass is 342 g/mol. The average molecular weight is 342 g/mol. The van der Waals surface area contributed by atoms with Crippen LogP contribution in [0.25, 0.3) is 10.9 Å². The van der Waals surface area contributed by atoms with E-state index in [9.17, 15) is 0 Å². The highest BCUT2D eigenvalue weighted by Gasteiger charge is 2.36. The SMILES string of the molecule is CN=C(NCCc1c[nH]c2ccccc12)NCC1(CCOC)CCC1. The van der Waals surface area contributed by atoms with E-state index in [1.807, 2.05) is 7.05 Å². The molecular weight excluding hydrogens is 312 g/mol. The molecule has 2 aromatic rings. The summed E-state index contributed by atoms with van der Waals surface area (Å²) >= 11 is 0. The lowest BCUT2D eigenvalue weighted by Crippen LogP contribution is -2.47. The Bertz CT molecular complexity index is 703. The molecule has 1 aliphatic carbocycles. The number of fused-ring (bicyclic) bond motifs is 1.